The SMILES string of the molecule is CC(C)c1ccc(C(C)NC(=O)C2CC2C(=O)O)cc1. The first-order chi connectivity index (χ1) is 9.40. The summed E-state index contributed by atoms with van der Waals surface area (Å²) in [6.45, 7) is 6.19. The average Bonchev–Trinajstić information content (AvgIpc) is 3.19. The Morgan fingerprint density at radius 2 is 1.65 bits per heavy atom. The number of carbonyl (C=O) groups is 2. The lowest BCUT2D eigenvalue weighted by Gasteiger charge is -2.15. The standard InChI is InChI=1S/C16H21NO3/c1-9(2)11-4-6-12(7-5-11)10(3)17-15(18)13-8-14(13)16(19)20/h4-7,9-10,13-14H,8H2,1-3H3,(H,17,18)(H,19,20). The summed E-state index contributed by atoms with van der Waals surface area (Å²) < 4.78 is 0. The van der Waals surface area contributed by atoms with Crippen molar-refractivity contribution in [3.05, 3.63) is 35.4 Å². The van der Waals surface area contributed by atoms with Crippen LogP contribution in [0.2, 0.25) is 0 Å². The highest BCUT2D eigenvalue weighted by Crippen LogP contribution is 2.39. The second-order valence-electron chi connectivity index (χ2n) is 5.84. The molecule has 2 N–H and O–H groups in total. The molecule has 1 fully saturated rings. The monoisotopic (exact) mass is 275 g/mol. The smallest absolute Gasteiger partial charge is 0.307 e. The van der Waals surface area contributed by atoms with Gasteiger partial charge in [-0.3, -0.25) is 9.59 Å². The second-order valence-corrected chi connectivity index (χ2v) is 5.84. The Morgan fingerprint density at radius 1 is 1.10 bits per heavy atom. The fourth-order valence-electron chi connectivity index (χ4n) is 2.33. The van der Waals surface area contributed by atoms with Crippen LogP contribution in [0.15, 0.2) is 24.3 Å². The van der Waals surface area contributed by atoms with Gasteiger partial charge in [-0.25, -0.2) is 0 Å². The Balaban J connectivity index is 1.93. The van der Waals surface area contributed by atoms with E-state index in [0.717, 1.165) is 5.56 Å². The number of hydrogen-bond donors (Lipinski definition) is 2. The number of benzene rings is 1. The lowest BCUT2D eigenvalue weighted by atomic mass is 9.99. The maximum absolute atomic E-state index is 11.9. The summed E-state index contributed by atoms with van der Waals surface area (Å²) in [5.41, 5.74) is 2.30. The molecular formula is C16H21NO3. The molecule has 3 unspecified atom stereocenters. The molecule has 4 heteroatoms. The molecule has 0 aromatic heterocycles. The number of hydrogen-bond acceptors (Lipinski definition) is 2. The first kappa shape index (κ1) is 14.6. The van der Waals surface area contributed by atoms with Crippen molar-refractivity contribution in [3.63, 3.8) is 0 Å². The molecular weight excluding hydrogens is 254 g/mol. The number of amides is 1. The van der Waals surface area contributed by atoms with Crippen molar-refractivity contribution >= 4 is 11.9 Å². The maximum atomic E-state index is 11.9. The Labute approximate surface area is 119 Å². The van der Waals surface area contributed by atoms with E-state index in [4.69, 9.17) is 5.11 Å². The molecule has 1 amide bonds. The predicted octanol–water partition coefficient (Wildman–Crippen LogP) is 2.71. The van der Waals surface area contributed by atoms with Gasteiger partial charge >= 0.3 is 5.97 Å². The molecule has 3 atom stereocenters. The molecule has 1 aromatic carbocycles. The van der Waals surface area contributed by atoms with Gasteiger partial charge < -0.3 is 10.4 Å². The van der Waals surface area contributed by atoms with E-state index in [9.17, 15) is 9.59 Å². The van der Waals surface area contributed by atoms with Gasteiger partial charge in [-0.15, -0.1) is 0 Å². The fourth-order valence-corrected chi connectivity index (χ4v) is 2.33. The number of rotatable bonds is 5. The van der Waals surface area contributed by atoms with Gasteiger partial charge in [0.15, 0.2) is 0 Å². The fraction of sp³-hybridized carbons (Fsp3) is 0.500. The minimum absolute atomic E-state index is 0.0984. The van der Waals surface area contributed by atoms with Crippen LogP contribution >= 0.6 is 0 Å². The van der Waals surface area contributed by atoms with Crippen molar-refractivity contribution in [2.45, 2.75) is 39.2 Å². The third kappa shape index (κ3) is 3.18. The molecule has 108 valence electrons. The van der Waals surface area contributed by atoms with E-state index in [1.807, 2.05) is 19.1 Å². The van der Waals surface area contributed by atoms with Crippen molar-refractivity contribution in [1.82, 2.24) is 5.32 Å². The van der Waals surface area contributed by atoms with Crippen LogP contribution in [-0.2, 0) is 9.59 Å². The third-order valence-electron chi connectivity index (χ3n) is 3.91. The van der Waals surface area contributed by atoms with Gasteiger partial charge in [0.2, 0.25) is 5.91 Å². The molecule has 1 aliphatic carbocycles. The minimum Gasteiger partial charge on any atom is -0.481 e. The first-order valence-electron chi connectivity index (χ1n) is 7.03. The molecule has 1 aliphatic rings. The zero-order chi connectivity index (χ0) is 14.9. The van der Waals surface area contributed by atoms with E-state index in [1.54, 1.807) is 0 Å². The predicted molar refractivity (Wildman–Crippen MR) is 76.3 cm³/mol. The van der Waals surface area contributed by atoms with Gasteiger partial charge in [0, 0.05) is 0 Å². The summed E-state index contributed by atoms with van der Waals surface area (Å²) in [7, 11) is 0. The molecule has 2 rings (SSSR count). The summed E-state index contributed by atoms with van der Waals surface area (Å²) in [6, 6.07) is 8.07. The lowest BCUT2D eigenvalue weighted by Crippen LogP contribution is -2.29. The van der Waals surface area contributed by atoms with Crippen LogP contribution < -0.4 is 5.32 Å². The number of carboxylic acids is 1. The highest BCUT2D eigenvalue weighted by atomic mass is 16.4. The molecule has 4 nitrogen and oxygen atoms in total. The second kappa shape index (κ2) is 5.65. The van der Waals surface area contributed by atoms with Gasteiger partial charge in [-0.1, -0.05) is 38.1 Å². The third-order valence-corrected chi connectivity index (χ3v) is 3.91. The average molecular weight is 275 g/mol. The molecule has 0 aliphatic heterocycles. The summed E-state index contributed by atoms with van der Waals surface area (Å²) in [5.74, 6) is -1.40. The number of nitrogens with one attached hydrogen (secondary N) is 1. The van der Waals surface area contributed by atoms with Crippen LogP contribution in [0.4, 0.5) is 0 Å². The van der Waals surface area contributed by atoms with Crippen LogP contribution in [0.1, 0.15) is 50.3 Å². The van der Waals surface area contributed by atoms with E-state index < -0.39 is 11.9 Å². The Hall–Kier alpha value is -1.84. The van der Waals surface area contributed by atoms with Crippen LogP contribution in [-0.4, -0.2) is 17.0 Å². The summed E-state index contributed by atoms with van der Waals surface area (Å²) in [5, 5.41) is 11.7. The largest absolute Gasteiger partial charge is 0.481 e. The number of aliphatic carboxylic acids is 1. The van der Waals surface area contributed by atoms with Crippen LogP contribution in [0.25, 0.3) is 0 Å². The Morgan fingerprint density at radius 3 is 2.10 bits per heavy atom. The minimum atomic E-state index is -0.876. The van der Waals surface area contributed by atoms with E-state index in [0.29, 0.717) is 12.3 Å². The normalized spacial score (nSPS) is 22.4. The maximum Gasteiger partial charge on any atom is 0.307 e. The van der Waals surface area contributed by atoms with Crippen molar-refractivity contribution in [3.8, 4) is 0 Å². The van der Waals surface area contributed by atoms with Crippen LogP contribution in [0, 0.1) is 11.8 Å². The highest BCUT2D eigenvalue weighted by Gasteiger charge is 2.48. The molecule has 1 saturated carbocycles. The summed E-state index contributed by atoms with van der Waals surface area (Å²) in [6.07, 6.45) is 0.459. The van der Waals surface area contributed by atoms with E-state index in [1.165, 1.54) is 5.56 Å². The molecule has 0 heterocycles. The molecule has 1 aromatic rings. The van der Waals surface area contributed by atoms with Crippen molar-refractivity contribution in [1.29, 1.82) is 0 Å². The van der Waals surface area contributed by atoms with Crippen molar-refractivity contribution < 1.29 is 14.7 Å². The van der Waals surface area contributed by atoms with Gasteiger partial charge in [-0.05, 0) is 30.4 Å². The van der Waals surface area contributed by atoms with Gasteiger partial charge in [0.1, 0.15) is 0 Å². The molecule has 0 radical (unpaired) electrons. The summed E-state index contributed by atoms with van der Waals surface area (Å²) in [4.78, 5) is 22.7. The van der Waals surface area contributed by atoms with E-state index >= 15 is 0 Å². The Bertz CT molecular complexity index is 507. The molecule has 0 bridgehead atoms. The molecule has 0 saturated heterocycles. The van der Waals surface area contributed by atoms with Gasteiger partial charge in [0.25, 0.3) is 0 Å². The zero-order valence-electron chi connectivity index (χ0n) is 12.1. The van der Waals surface area contributed by atoms with Gasteiger partial charge in [0.05, 0.1) is 17.9 Å². The van der Waals surface area contributed by atoms with Gasteiger partial charge in [-0.2, -0.15) is 0 Å². The molecule has 0 spiro atoms. The Kier molecular flexibility index (Phi) is 4.12. The summed E-state index contributed by atoms with van der Waals surface area (Å²) >= 11 is 0. The lowest BCUT2D eigenvalue weighted by molar-refractivity contribution is -0.140. The van der Waals surface area contributed by atoms with Crippen molar-refractivity contribution in [2.75, 3.05) is 0 Å². The molecule has 20 heavy (non-hydrogen) atoms. The van der Waals surface area contributed by atoms with Crippen LogP contribution in [0.3, 0.4) is 0 Å². The van der Waals surface area contributed by atoms with E-state index in [-0.39, 0.29) is 17.9 Å². The topological polar surface area (TPSA) is 66.4 Å². The van der Waals surface area contributed by atoms with E-state index in [2.05, 4.69) is 31.3 Å². The first-order valence-corrected chi connectivity index (χ1v) is 7.03. The van der Waals surface area contributed by atoms with Crippen LogP contribution in [0.5, 0.6) is 0 Å². The quantitative estimate of drug-likeness (QED) is 0.868. The number of carboxylic acid groups (broad SMARTS) is 1. The zero-order valence-corrected chi connectivity index (χ0v) is 12.1. The number of carbonyl (C=O) groups excluding carboxylic acids is 1. The highest BCUT2D eigenvalue weighted by molar-refractivity contribution is 5.89. The van der Waals surface area contributed by atoms with Crippen molar-refractivity contribution in [2.24, 2.45) is 11.8 Å².